The molecule has 0 spiro atoms. The van der Waals surface area contributed by atoms with Crippen LogP contribution in [0, 0.1) is 6.92 Å². The molecule has 0 saturated carbocycles. The fourth-order valence-electron chi connectivity index (χ4n) is 11.0. The maximum absolute atomic E-state index is 2.67. The molecule has 2 heterocycles. The minimum absolute atomic E-state index is 0.00970. The largest absolute Gasteiger partial charge is 0.311 e. The molecule has 2 aliphatic heterocycles. The van der Waals surface area contributed by atoms with Crippen molar-refractivity contribution in [2.45, 2.75) is 162 Å². The number of rotatable bonds is 2. The van der Waals surface area contributed by atoms with E-state index >= 15 is 0 Å². The third-order valence-electron chi connectivity index (χ3n) is 15.1. The Morgan fingerprint density at radius 2 is 0.879 bits per heavy atom. The lowest BCUT2D eigenvalue weighted by molar-refractivity contribution is 0.332. The van der Waals surface area contributed by atoms with Crippen LogP contribution in [-0.2, 0) is 32.5 Å². The summed E-state index contributed by atoms with van der Waals surface area (Å²) in [5, 5.41) is 0. The molecule has 0 radical (unpaired) electrons. The first-order valence-electron chi connectivity index (χ1n) is 22.2. The van der Waals surface area contributed by atoms with Crippen LogP contribution >= 0.6 is 0 Å². The first-order chi connectivity index (χ1) is 26.9. The Hall–Kier alpha value is -4.24. The van der Waals surface area contributed by atoms with Crippen molar-refractivity contribution in [3.8, 4) is 0 Å². The summed E-state index contributed by atoms with van der Waals surface area (Å²) in [7, 11) is 0. The normalized spacial score (nSPS) is 19.5. The predicted octanol–water partition coefficient (Wildman–Crippen LogP) is 13.4. The summed E-state index contributed by atoms with van der Waals surface area (Å²) in [6, 6.07) is 34.7. The summed E-state index contributed by atoms with van der Waals surface area (Å²) in [6.07, 6.45) is 4.79. The van der Waals surface area contributed by atoms with Crippen molar-refractivity contribution in [2.24, 2.45) is 0 Å². The van der Waals surface area contributed by atoms with Gasteiger partial charge in [-0.15, -0.1) is 0 Å². The third kappa shape index (κ3) is 5.95. The van der Waals surface area contributed by atoms with E-state index < -0.39 is 0 Å². The Kier molecular flexibility index (Phi) is 8.39. The monoisotopic (exact) mass is 767 g/mol. The molecule has 300 valence electrons. The Morgan fingerprint density at radius 1 is 0.431 bits per heavy atom. The van der Waals surface area contributed by atoms with Gasteiger partial charge >= 0.3 is 0 Å². The Bertz CT molecular complexity index is 2500. The molecule has 2 aliphatic carbocycles. The zero-order valence-electron chi connectivity index (χ0n) is 38.4. The first-order valence-corrected chi connectivity index (χ1v) is 22.2. The molecule has 0 aromatic heterocycles. The molecule has 5 aromatic carbocycles. The summed E-state index contributed by atoms with van der Waals surface area (Å²) in [4.78, 5) is 5.29. The Morgan fingerprint density at radius 3 is 1.43 bits per heavy atom. The topological polar surface area (TPSA) is 6.48 Å². The van der Waals surface area contributed by atoms with E-state index in [0.717, 1.165) is 0 Å². The maximum atomic E-state index is 2.67. The van der Waals surface area contributed by atoms with Gasteiger partial charge in [0.15, 0.2) is 0 Å². The smallest absolute Gasteiger partial charge is 0.252 e. The van der Waals surface area contributed by atoms with Crippen LogP contribution in [0.3, 0.4) is 0 Å². The van der Waals surface area contributed by atoms with Gasteiger partial charge in [-0.2, -0.15) is 0 Å². The summed E-state index contributed by atoms with van der Waals surface area (Å²) < 4.78 is 0. The van der Waals surface area contributed by atoms with Crippen molar-refractivity contribution < 1.29 is 0 Å². The van der Waals surface area contributed by atoms with Gasteiger partial charge in [0.2, 0.25) is 0 Å². The van der Waals surface area contributed by atoms with Gasteiger partial charge in [0.05, 0.1) is 0 Å². The van der Waals surface area contributed by atoms with E-state index in [4.69, 9.17) is 0 Å². The molecule has 0 unspecified atom stereocenters. The van der Waals surface area contributed by atoms with E-state index in [0.29, 0.717) is 0 Å². The third-order valence-corrected chi connectivity index (χ3v) is 15.1. The van der Waals surface area contributed by atoms with Gasteiger partial charge in [0.1, 0.15) is 0 Å². The zero-order valence-corrected chi connectivity index (χ0v) is 38.4. The van der Waals surface area contributed by atoms with Crippen LogP contribution < -0.4 is 26.2 Å². The predicted molar refractivity (Wildman–Crippen MR) is 253 cm³/mol. The van der Waals surface area contributed by atoms with Gasteiger partial charge in [0.25, 0.3) is 6.71 Å². The van der Waals surface area contributed by atoms with E-state index in [2.05, 4.69) is 199 Å². The number of anilines is 6. The average molecular weight is 767 g/mol. The van der Waals surface area contributed by atoms with E-state index in [1.54, 1.807) is 0 Å². The quantitative estimate of drug-likeness (QED) is 0.162. The lowest BCUT2D eigenvalue weighted by Crippen LogP contribution is -2.62. The van der Waals surface area contributed by atoms with Crippen LogP contribution in [0.1, 0.15) is 162 Å². The molecule has 0 bridgehead atoms. The van der Waals surface area contributed by atoms with Crippen LogP contribution in [0.5, 0.6) is 0 Å². The molecule has 0 amide bonds. The van der Waals surface area contributed by atoms with Crippen LogP contribution in [-0.4, -0.2) is 6.71 Å². The number of benzene rings is 5. The maximum Gasteiger partial charge on any atom is 0.252 e. The summed E-state index contributed by atoms with van der Waals surface area (Å²) in [5.41, 5.74) is 22.6. The second kappa shape index (κ2) is 12.4. The molecular formula is C55H67BN2. The molecule has 2 nitrogen and oxygen atoms in total. The molecule has 9 rings (SSSR count). The molecular weight excluding hydrogens is 699 g/mol. The minimum atomic E-state index is 0.00970. The lowest BCUT2D eigenvalue weighted by atomic mass is 9.33. The highest BCUT2D eigenvalue weighted by Crippen LogP contribution is 2.52. The van der Waals surface area contributed by atoms with Gasteiger partial charge in [-0.1, -0.05) is 133 Å². The van der Waals surface area contributed by atoms with Crippen LogP contribution in [0.15, 0.2) is 84.9 Å². The number of nitrogens with zero attached hydrogens (tertiary/aromatic N) is 2. The van der Waals surface area contributed by atoms with Crippen LogP contribution in [0.25, 0.3) is 0 Å². The van der Waals surface area contributed by atoms with Crippen molar-refractivity contribution >= 4 is 57.2 Å². The van der Waals surface area contributed by atoms with Crippen LogP contribution in [0.4, 0.5) is 34.1 Å². The lowest BCUT2D eigenvalue weighted by Gasteiger charge is -2.48. The molecule has 58 heavy (non-hydrogen) atoms. The van der Waals surface area contributed by atoms with Crippen molar-refractivity contribution in [1.82, 2.24) is 0 Å². The molecule has 4 aliphatic rings. The minimum Gasteiger partial charge on any atom is -0.311 e. The van der Waals surface area contributed by atoms with E-state index in [-0.39, 0.29) is 39.2 Å². The van der Waals surface area contributed by atoms with Gasteiger partial charge in [-0.3, -0.25) is 0 Å². The SMILES string of the molecule is Cc1cc2c3c(c1)N(c1ccc(C(C)(C)C)cc1)c1cc4c(cc1B3c1ccc(C(C)(C)C)cc1N2c1ccc2c(c1)C(C)(C)CCC2(C)C)C(C)(C)CCC4(C)C. The molecule has 0 fully saturated rings. The van der Waals surface area contributed by atoms with E-state index in [1.165, 1.54) is 115 Å². The van der Waals surface area contributed by atoms with Gasteiger partial charge in [0, 0.05) is 34.1 Å². The molecule has 0 saturated heterocycles. The summed E-state index contributed by atoms with van der Waals surface area (Å²) in [6.45, 7) is 36.1. The highest BCUT2D eigenvalue weighted by molar-refractivity contribution is 7.00. The van der Waals surface area contributed by atoms with Gasteiger partial charge in [-0.25, -0.2) is 0 Å². The number of fused-ring (bicyclic) bond motifs is 6. The van der Waals surface area contributed by atoms with Crippen molar-refractivity contribution in [3.63, 3.8) is 0 Å². The summed E-state index contributed by atoms with van der Waals surface area (Å²) in [5.74, 6) is 0. The first kappa shape index (κ1) is 39.2. The highest BCUT2D eigenvalue weighted by Gasteiger charge is 2.47. The fraction of sp³-hybridized carbons (Fsp3) is 0.455. The van der Waals surface area contributed by atoms with Gasteiger partial charge < -0.3 is 9.80 Å². The molecule has 5 aromatic rings. The zero-order chi connectivity index (χ0) is 41.7. The Labute approximate surface area is 351 Å². The van der Waals surface area contributed by atoms with Gasteiger partial charge in [-0.05, 0) is 169 Å². The molecule has 0 atom stereocenters. The highest BCUT2D eigenvalue weighted by atomic mass is 15.2. The second-order valence-corrected chi connectivity index (χ2v) is 23.4. The van der Waals surface area contributed by atoms with E-state index in [1.807, 2.05) is 0 Å². The molecule has 0 N–H and O–H groups in total. The van der Waals surface area contributed by atoms with Crippen LogP contribution in [0.2, 0.25) is 0 Å². The second-order valence-electron chi connectivity index (χ2n) is 23.4. The number of hydrogen-bond acceptors (Lipinski definition) is 2. The molecule has 3 heteroatoms. The van der Waals surface area contributed by atoms with Crippen molar-refractivity contribution in [2.75, 3.05) is 9.80 Å². The van der Waals surface area contributed by atoms with Crippen molar-refractivity contribution in [3.05, 3.63) is 124 Å². The number of hydrogen-bond donors (Lipinski definition) is 0. The average Bonchev–Trinajstić information content (AvgIpc) is 3.14. The Balaban J connectivity index is 1.38. The summed E-state index contributed by atoms with van der Waals surface area (Å²) >= 11 is 0. The number of aryl methyl sites for hydroxylation is 1. The fourth-order valence-corrected chi connectivity index (χ4v) is 11.0. The van der Waals surface area contributed by atoms with E-state index in [9.17, 15) is 0 Å². The van der Waals surface area contributed by atoms with Crippen molar-refractivity contribution in [1.29, 1.82) is 0 Å². The standard InChI is InChI=1S/C55H67BN2/c1-34-28-47-49-48(29-34)58(38-21-22-39-40(31-38)53(10,11)25-24-52(39,8)9)45-30-36(51(5,6)7)18-23-43(45)56(49)44-32-41-42(55(14,15)27-26-54(41,12)13)33-46(44)57(47)37-19-16-35(17-20-37)50(2,3)4/h16-23,28-33H,24-27H2,1-15H3.